The molecule has 0 saturated heterocycles. The molecule has 0 saturated carbocycles. The quantitative estimate of drug-likeness (QED) is 0.750. The molecular weight excluding hydrogens is 268 g/mol. The maximum atomic E-state index is 5.66. The van der Waals surface area contributed by atoms with Gasteiger partial charge in [-0.15, -0.1) is 0 Å². The largest absolute Gasteiger partial charge is 0.481 e. The number of fused-ring (bicyclic) bond motifs is 1. The van der Waals surface area contributed by atoms with Gasteiger partial charge in [-0.1, -0.05) is 6.07 Å². The second-order valence-corrected chi connectivity index (χ2v) is 4.35. The minimum absolute atomic E-state index is 0.432. The van der Waals surface area contributed by atoms with Crippen molar-refractivity contribution in [2.45, 2.75) is 6.54 Å². The van der Waals surface area contributed by atoms with E-state index in [2.05, 4.69) is 25.3 Å². The van der Waals surface area contributed by atoms with Gasteiger partial charge in [0.05, 0.1) is 12.5 Å². The predicted molar refractivity (Wildman–Crippen MR) is 79.9 cm³/mol. The number of hydrogen-bond acceptors (Lipinski definition) is 7. The third-order valence-electron chi connectivity index (χ3n) is 3.01. The lowest BCUT2D eigenvalue weighted by Gasteiger charge is -2.10. The van der Waals surface area contributed by atoms with Gasteiger partial charge in [0.15, 0.2) is 5.65 Å². The van der Waals surface area contributed by atoms with Gasteiger partial charge in [-0.25, -0.2) is 19.9 Å². The van der Waals surface area contributed by atoms with Crippen LogP contribution in [0.4, 0.5) is 11.6 Å². The van der Waals surface area contributed by atoms with Crippen LogP contribution < -0.4 is 15.8 Å². The molecule has 3 N–H and O–H groups in total. The molecule has 0 aliphatic heterocycles. The Labute approximate surface area is 121 Å². The minimum Gasteiger partial charge on any atom is -0.481 e. The molecule has 0 amide bonds. The van der Waals surface area contributed by atoms with Crippen molar-refractivity contribution in [3.8, 4) is 5.88 Å². The van der Waals surface area contributed by atoms with Crippen molar-refractivity contribution in [2.75, 3.05) is 18.2 Å². The Morgan fingerprint density at radius 1 is 1.19 bits per heavy atom. The molecule has 3 aromatic heterocycles. The first-order valence-electron chi connectivity index (χ1n) is 6.37. The first-order chi connectivity index (χ1) is 10.3. The second-order valence-electron chi connectivity index (χ2n) is 4.35. The topological polar surface area (TPSA) is 98.8 Å². The van der Waals surface area contributed by atoms with Crippen molar-refractivity contribution in [3.05, 3.63) is 42.4 Å². The molecule has 3 heterocycles. The summed E-state index contributed by atoms with van der Waals surface area (Å²) in [5.74, 6) is 1.71. The molecule has 0 fully saturated rings. The summed E-state index contributed by atoms with van der Waals surface area (Å²) < 4.78 is 5.22. The minimum atomic E-state index is 0.432. The number of pyridine rings is 2. The van der Waals surface area contributed by atoms with Crippen LogP contribution in [0.1, 0.15) is 5.56 Å². The van der Waals surface area contributed by atoms with Crippen molar-refractivity contribution >= 4 is 22.7 Å². The van der Waals surface area contributed by atoms with Crippen molar-refractivity contribution in [1.82, 2.24) is 19.9 Å². The van der Waals surface area contributed by atoms with Crippen molar-refractivity contribution < 1.29 is 4.74 Å². The van der Waals surface area contributed by atoms with Crippen LogP contribution in [-0.4, -0.2) is 27.0 Å². The maximum Gasteiger partial charge on any atom is 0.218 e. The Bertz CT molecular complexity index is 776. The van der Waals surface area contributed by atoms with Gasteiger partial charge in [-0.2, -0.15) is 0 Å². The zero-order valence-electron chi connectivity index (χ0n) is 11.4. The van der Waals surface area contributed by atoms with E-state index in [1.165, 1.54) is 6.33 Å². The molecule has 106 valence electrons. The number of ether oxygens (including phenoxy) is 1. The fourth-order valence-electron chi connectivity index (χ4n) is 2.02. The van der Waals surface area contributed by atoms with Crippen LogP contribution in [0.5, 0.6) is 5.88 Å². The van der Waals surface area contributed by atoms with E-state index in [0.29, 0.717) is 29.7 Å². The van der Waals surface area contributed by atoms with E-state index in [1.54, 1.807) is 19.4 Å². The normalized spacial score (nSPS) is 10.5. The molecule has 7 heteroatoms. The lowest BCUT2D eigenvalue weighted by Crippen LogP contribution is -2.05. The highest BCUT2D eigenvalue weighted by atomic mass is 16.5. The molecular formula is C14H14N6O. The lowest BCUT2D eigenvalue weighted by molar-refractivity contribution is 0.393. The smallest absolute Gasteiger partial charge is 0.218 e. The van der Waals surface area contributed by atoms with E-state index in [1.807, 2.05) is 18.2 Å². The summed E-state index contributed by atoms with van der Waals surface area (Å²) in [6.07, 6.45) is 3.15. The molecule has 0 atom stereocenters. The molecule has 0 aliphatic rings. The predicted octanol–water partition coefficient (Wildman–Crippen LogP) is 1.62. The standard InChI is InChI=1S/C14H14N6O/c1-21-14-9(3-2-6-16-14)7-17-12-10-4-5-11(15)20-13(10)19-8-18-12/h2-6,8H,7H2,1H3,(H3,15,17,18,19,20). The molecule has 7 nitrogen and oxygen atoms in total. The lowest BCUT2D eigenvalue weighted by atomic mass is 10.2. The average Bonchev–Trinajstić information content (AvgIpc) is 2.52. The van der Waals surface area contributed by atoms with Crippen LogP contribution >= 0.6 is 0 Å². The Morgan fingerprint density at radius 2 is 2.10 bits per heavy atom. The van der Waals surface area contributed by atoms with Gasteiger partial charge in [0.1, 0.15) is 18.0 Å². The van der Waals surface area contributed by atoms with Crippen molar-refractivity contribution in [1.29, 1.82) is 0 Å². The summed E-state index contributed by atoms with van der Waals surface area (Å²) in [4.78, 5) is 16.7. The third kappa shape index (κ3) is 2.66. The Hall–Kier alpha value is -2.96. The van der Waals surface area contributed by atoms with Crippen LogP contribution in [0.25, 0.3) is 11.0 Å². The molecule has 3 aromatic rings. The first-order valence-corrected chi connectivity index (χ1v) is 6.37. The third-order valence-corrected chi connectivity index (χ3v) is 3.01. The van der Waals surface area contributed by atoms with Gasteiger partial charge in [0.2, 0.25) is 5.88 Å². The maximum absolute atomic E-state index is 5.66. The summed E-state index contributed by atoms with van der Waals surface area (Å²) in [7, 11) is 1.60. The van der Waals surface area contributed by atoms with E-state index in [-0.39, 0.29) is 0 Å². The van der Waals surface area contributed by atoms with Gasteiger partial charge in [-0.05, 0) is 18.2 Å². The Balaban J connectivity index is 1.88. The molecule has 0 radical (unpaired) electrons. The van der Waals surface area contributed by atoms with Gasteiger partial charge in [0.25, 0.3) is 0 Å². The van der Waals surface area contributed by atoms with Gasteiger partial charge < -0.3 is 15.8 Å². The molecule has 0 unspecified atom stereocenters. The zero-order chi connectivity index (χ0) is 14.7. The van der Waals surface area contributed by atoms with E-state index < -0.39 is 0 Å². The molecule has 0 aromatic carbocycles. The number of nitrogens with zero attached hydrogens (tertiary/aromatic N) is 4. The fourth-order valence-corrected chi connectivity index (χ4v) is 2.02. The summed E-state index contributed by atoms with van der Waals surface area (Å²) in [5, 5.41) is 4.06. The number of rotatable bonds is 4. The number of nitrogen functional groups attached to an aromatic ring is 1. The zero-order valence-corrected chi connectivity index (χ0v) is 11.4. The fraction of sp³-hybridized carbons (Fsp3) is 0.143. The SMILES string of the molecule is COc1ncccc1CNc1ncnc2nc(N)ccc12. The molecule has 21 heavy (non-hydrogen) atoms. The van der Waals surface area contributed by atoms with Crippen LogP contribution in [0.15, 0.2) is 36.8 Å². The highest BCUT2D eigenvalue weighted by Gasteiger charge is 2.07. The van der Waals surface area contributed by atoms with Crippen molar-refractivity contribution in [3.63, 3.8) is 0 Å². The number of hydrogen-bond donors (Lipinski definition) is 2. The highest BCUT2D eigenvalue weighted by Crippen LogP contribution is 2.21. The number of aromatic nitrogens is 4. The Morgan fingerprint density at radius 3 is 2.95 bits per heavy atom. The number of nitrogens with one attached hydrogen (secondary N) is 1. The Kier molecular flexibility index (Phi) is 3.46. The van der Waals surface area contributed by atoms with Crippen LogP contribution in [0.2, 0.25) is 0 Å². The number of nitrogens with two attached hydrogens (primary N) is 1. The second kappa shape index (κ2) is 5.58. The first kappa shape index (κ1) is 13.0. The van der Waals surface area contributed by atoms with Crippen LogP contribution in [-0.2, 0) is 6.54 Å². The van der Waals surface area contributed by atoms with E-state index in [9.17, 15) is 0 Å². The van der Waals surface area contributed by atoms with Gasteiger partial charge >= 0.3 is 0 Å². The van der Waals surface area contributed by atoms with Crippen molar-refractivity contribution in [2.24, 2.45) is 0 Å². The van der Waals surface area contributed by atoms with E-state index in [4.69, 9.17) is 10.5 Å². The molecule has 0 aliphatic carbocycles. The van der Waals surface area contributed by atoms with E-state index in [0.717, 1.165) is 10.9 Å². The molecule has 0 spiro atoms. The highest BCUT2D eigenvalue weighted by molar-refractivity contribution is 5.87. The summed E-state index contributed by atoms with van der Waals surface area (Å²) in [5.41, 5.74) is 7.16. The van der Waals surface area contributed by atoms with E-state index >= 15 is 0 Å². The molecule has 0 bridgehead atoms. The molecule has 3 rings (SSSR count). The van der Waals surface area contributed by atoms with Crippen LogP contribution in [0.3, 0.4) is 0 Å². The number of methoxy groups -OCH3 is 1. The average molecular weight is 282 g/mol. The monoisotopic (exact) mass is 282 g/mol. The van der Waals surface area contributed by atoms with Crippen LogP contribution in [0, 0.1) is 0 Å². The van der Waals surface area contributed by atoms with Gasteiger partial charge in [0, 0.05) is 18.3 Å². The summed E-state index contributed by atoms with van der Waals surface area (Å²) in [6.45, 7) is 0.535. The number of anilines is 2. The summed E-state index contributed by atoms with van der Waals surface area (Å²) >= 11 is 0. The summed E-state index contributed by atoms with van der Waals surface area (Å²) in [6, 6.07) is 7.38. The van der Waals surface area contributed by atoms with Gasteiger partial charge in [-0.3, -0.25) is 0 Å².